The van der Waals surface area contributed by atoms with Gasteiger partial charge in [0.25, 0.3) is 0 Å². The van der Waals surface area contributed by atoms with Crippen molar-refractivity contribution < 1.29 is 0 Å². The molecule has 0 amide bonds. The summed E-state index contributed by atoms with van der Waals surface area (Å²) in [5, 5.41) is 3.36. The standard InChI is InChI=1S/C12H18N2/c1-12(2,3)11-5-4-9-6-7-13-8-10(9)14-11/h4-5,13H,6-8H2,1-3H3. The molecular weight excluding hydrogens is 172 g/mol. The highest BCUT2D eigenvalue weighted by Gasteiger charge is 2.18. The molecule has 1 aromatic rings. The Kier molecular flexibility index (Phi) is 2.31. The Hall–Kier alpha value is -0.890. The van der Waals surface area contributed by atoms with E-state index in [1.807, 2.05) is 0 Å². The van der Waals surface area contributed by atoms with Crippen LogP contribution in [0.3, 0.4) is 0 Å². The van der Waals surface area contributed by atoms with Crippen LogP contribution in [0.5, 0.6) is 0 Å². The highest BCUT2D eigenvalue weighted by molar-refractivity contribution is 5.27. The number of aromatic nitrogens is 1. The maximum Gasteiger partial charge on any atom is 0.0577 e. The first-order chi connectivity index (χ1) is 6.57. The lowest BCUT2D eigenvalue weighted by atomic mass is 9.90. The molecule has 1 aliphatic rings. The summed E-state index contributed by atoms with van der Waals surface area (Å²) in [6.07, 6.45) is 1.12. The Balaban J connectivity index is 2.39. The predicted octanol–water partition coefficient (Wildman–Crippen LogP) is 2.02. The van der Waals surface area contributed by atoms with Crippen molar-refractivity contribution in [3.8, 4) is 0 Å². The van der Waals surface area contributed by atoms with Gasteiger partial charge >= 0.3 is 0 Å². The van der Waals surface area contributed by atoms with Crippen LogP contribution >= 0.6 is 0 Å². The van der Waals surface area contributed by atoms with Crippen molar-refractivity contribution in [2.75, 3.05) is 6.54 Å². The van der Waals surface area contributed by atoms with Crippen molar-refractivity contribution >= 4 is 0 Å². The van der Waals surface area contributed by atoms with Gasteiger partial charge in [0.15, 0.2) is 0 Å². The molecule has 2 heteroatoms. The zero-order valence-corrected chi connectivity index (χ0v) is 9.22. The Morgan fingerprint density at radius 1 is 1.29 bits per heavy atom. The van der Waals surface area contributed by atoms with Gasteiger partial charge in [-0.25, -0.2) is 0 Å². The molecule has 0 unspecified atom stereocenters. The molecule has 0 spiro atoms. The summed E-state index contributed by atoms with van der Waals surface area (Å²) in [6, 6.07) is 4.41. The highest BCUT2D eigenvalue weighted by Crippen LogP contribution is 2.22. The number of pyridine rings is 1. The van der Waals surface area contributed by atoms with Crippen molar-refractivity contribution in [1.29, 1.82) is 0 Å². The molecule has 0 saturated carbocycles. The van der Waals surface area contributed by atoms with E-state index in [0.29, 0.717) is 0 Å². The number of hydrogen-bond acceptors (Lipinski definition) is 2. The highest BCUT2D eigenvalue weighted by atomic mass is 14.9. The SMILES string of the molecule is CC(C)(C)c1ccc2c(n1)CNCC2. The van der Waals surface area contributed by atoms with E-state index in [1.54, 1.807) is 0 Å². The van der Waals surface area contributed by atoms with E-state index >= 15 is 0 Å². The summed E-state index contributed by atoms with van der Waals surface area (Å²) in [4.78, 5) is 4.72. The zero-order valence-electron chi connectivity index (χ0n) is 9.22. The summed E-state index contributed by atoms with van der Waals surface area (Å²) in [5.74, 6) is 0. The van der Waals surface area contributed by atoms with Gasteiger partial charge in [-0.3, -0.25) is 4.98 Å². The Morgan fingerprint density at radius 2 is 2.07 bits per heavy atom. The van der Waals surface area contributed by atoms with Gasteiger partial charge in [-0.15, -0.1) is 0 Å². The molecular formula is C12H18N2. The van der Waals surface area contributed by atoms with Gasteiger partial charge in [0.2, 0.25) is 0 Å². The van der Waals surface area contributed by atoms with Crippen LogP contribution in [0.2, 0.25) is 0 Å². The van der Waals surface area contributed by atoms with Crippen LogP contribution in [0.4, 0.5) is 0 Å². The third-order valence-corrected chi connectivity index (χ3v) is 2.70. The minimum Gasteiger partial charge on any atom is -0.311 e. The summed E-state index contributed by atoms with van der Waals surface area (Å²) in [5.41, 5.74) is 4.01. The first-order valence-electron chi connectivity index (χ1n) is 5.27. The van der Waals surface area contributed by atoms with E-state index in [9.17, 15) is 0 Å². The zero-order chi connectivity index (χ0) is 10.2. The second kappa shape index (κ2) is 3.35. The normalized spacial score (nSPS) is 16.5. The fourth-order valence-corrected chi connectivity index (χ4v) is 1.76. The number of nitrogens with one attached hydrogen (secondary N) is 1. The molecule has 0 bridgehead atoms. The van der Waals surface area contributed by atoms with Crippen molar-refractivity contribution in [2.24, 2.45) is 0 Å². The molecule has 2 nitrogen and oxygen atoms in total. The average Bonchev–Trinajstić information content (AvgIpc) is 2.16. The third kappa shape index (κ3) is 1.80. The van der Waals surface area contributed by atoms with Gasteiger partial charge in [0.1, 0.15) is 0 Å². The molecule has 0 aliphatic carbocycles. The smallest absolute Gasteiger partial charge is 0.0577 e. The molecule has 2 rings (SSSR count). The van der Waals surface area contributed by atoms with Gasteiger partial charge in [-0.2, -0.15) is 0 Å². The number of nitrogens with zero attached hydrogens (tertiary/aromatic N) is 1. The summed E-state index contributed by atoms with van der Waals surface area (Å²) >= 11 is 0. The number of hydrogen-bond donors (Lipinski definition) is 1. The van der Waals surface area contributed by atoms with Crippen LogP contribution in [0.25, 0.3) is 0 Å². The van der Waals surface area contributed by atoms with Crippen LogP contribution in [-0.2, 0) is 18.4 Å². The van der Waals surface area contributed by atoms with Crippen LogP contribution in [-0.4, -0.2) is 11.5 Å². The van der Waals surface area contributed by atoms with Gasteiger partial charge in [-0.05, 0) is 24.6 Å². The molecule has 1 aliphatic heterocycles. The number of rotatable bonds is 0. The monoisotopic (exact) mass is 190 g/mol. The minimum absolute atomic E-state index is 0.159. The van der Waals surface area contributed by atoms with E-state index in [2.05, 4.69) is 38.2 Å². The Labute approximate surface area is 85.7 Å². The van der Waals surface area contributed by atoms with E-state index in [1.165, 1.54) is 17.0 Å². The molecule has 0 saturated heterocycles. The minimum atomic E-state index is 0.159. The second-order valence-electron chi connectivity index (χ2n) is 4.98. The van der Waals surface area contributed by atoms with Crippen molar-refractivity contribution in [1.82, 2.24) is 10.3 Å². The topological polar surface area (TPSA) is 24.9 Å². The lowest BCUT2D eigenvalue weighted by Gasteiger charge is -2.22. The molecule has 1 aromatic heterocycles. The quantitative estimate of drug-likeness (QED) is 0.677. The van der Waals surface area contributed by atoms with Crippen LogP contribution in [0.1, 0.15) is 37.7 Å². The van der Waals surface area contributed by atoms with Crippen molar-refractivity contribution in [2.45, 2.75) is 39.2 Å². The van der Waals surface area contributed by atoms with E-state index < -0.39 is 0 Å². The molecule has 1 N–H and O–H groups in total. The summed E-state index contributed by atoms with van der Waals surface area (Å²) < 4.78 is 0. The maximum atomic E-state index is 4.72. The van der Waals surface area contributed by atoms with Crippen LogP contribution in [0.15, 0.2) is 12.1 Å². The Morgan fingerprint density at radius 3 is 2.79 bits per heavy atom. The first kappa shape index (κ1) is 9.66. The molecule has 0 radical (unpaired) electrons. The average molecular weight is 190 g/mol. The maximum absolute atomic E-state index is 4.72. The van der Waals surface area contributed by atoms with Gasteiger partial charge in [0.05, 0.1) is 5.69 Å². The summed E-state index contributed by atoms with van der Waals surface area (Å²) in [7, 11) is 0. The fourth-order valence-electron chi connectivity index (χ4n) is 1.76. The Bertz CT molecular complexity index is 337. The van der Waals surface area contributed by atoms with Gasteiger partial charge in [-0.1, -0.05) is 26.8 Å². The largest absolute Gasteiger partial charge is 0.311 e. The van der Waals surface area contributed by atoms with Gasteiger partial charge in [0, 0.05) is 17.7 Å². The predicted molar refractivity (Wildman–Crippen MR) is 58.3 cm³/mol. The molecule has 76 valence electrons. The van der Waals surface area contributed by atoms with E-state index in [4.69, 9.17) is 4.98 Å². The molecule has 0 fully saturated rings. The molecule has 2 heterocycles. The molecule has 0 aromatic carbocycles. The van der Waals surface area contributed by atoms with Crippen LogP contribution < -0.4 is 5.32 Å². The lowest BCUT2D eigenvalue weighted by molar-refractivity contribution is 0.552. The number of fused-ring (bicyclic) bond motifs is 1. The van der Waals surface area contributed by atoms with E-state index in [0.717, 1.165) is 19.5 Å². The van der Waals surface area contributed by atoms with E-state index in [-0.39, 0.29) is 5.41 Å². The fraction of sp³-hybridized carbons (Fsp3) is 0.583. The summed E-state index contributed by atoms with van der Waals surface area (Å²) in [6.45, 7) is 8.64. The lowest BCUT2D eigenvalue weighted by Crippen LogP contribution is -2.26. The first-order valence-corrected chi connectivity index (χ1v) is 5.27. The van der Waals surface area contributed by atoms with Gasteiger partial charge < -0.3 is 5.32 Å². The second-order valence-corrected chi connectivity index (χ2v) is 4.98. The molecule has 14 heavy (non-hydrogen) atoms. The molecule has 0 atom stereocenters. The van der Waals surface area contributed by atoms with Crippen molar-refractivity contribution in [3.63, 3.8) is 0 Å². The van der Waals surface area contributed by atoms with Crippen LogP contribution in [0, 0.1) is 0 Å². The van der Waals surface area contributed by atoms with Crippen molar-refractivity contribution in [3.05, 3.63) is 29.1 Å². The third-order valence-electron chi connectivity index (χ3n) is 2.70.